The van der Waals surface area contributed by atoms with Crippen LogP contribution in [0.15, 0.2) is 0 Å². The summed E-state index contributed by atoms with van der Waals surface area (Å²) in [5.41, 5.74) is 0. The summed E-state index contributed by atoms with van der Waals surface area (Å²) >= 11 is 0. The molecule has 1 saturated carbocycles. The molecular formula is C22H40N2O2. The topological polar surface area (TPSA) is 52.6 Å². The van der Waals surface area contributed by atoms with Gasteiger partial charge in [-0.1, -0.05) is 32.1 Å². The minimum atomic E-state index is -0.272. The van der Waals surface area contributed by atoms with E-state index in [1.54, 1.807) is 0 Å². The largest absolute Gasteiger partial charge is 0.389 e. The van der Waals surface area contributed by atoms with E-state index in [4.69, 9.17) is 5.11 Å². The first-order chi connectivity index (χ1) is 12.8. The van der Waals surface area contributed by atoms with Gasteiger partial charge in [0.25, 0.3) is 0 Å². The number of likely N-dealkylation sites (tertiary alicyclic amines) is 1. The molecule has 0 radical (unpaired) electrons. The number of piperidine rings is 2. The van der Waals surface area contributed by atoms with Gasteiger partial charge in [-0.15, -0.1) is 0 Å². The SMILES string of the molecule is O=C(CO)CCC(CC1CCN(C2CCNCC2)CC1)C1CCCCC1. The van der Waals surface area contributed by atoms with Crippen molar-refractivity contribution in [2.24, 2.45) is 17.8 Å². The van der Waals surface area contributed by atoms with E-state index in [0.717, 1.165) is 24.3 Å². The summed E-state index contributed by atoms with van der Waals surface area (Å²) in [6, 6.07) is 0.813. The Labute approximate surface area is 160 Å². The third kappa shape index (κ3) is 6.03. The van der Waals surface area contributed by atoms with Gasteiger partial charge in [-0.05, 0) is 82.5 Å². The highest BCUT2D eigenvalue weighted by Crippen LogP contribution is 2.38. The second-order valence-corrected chi connectivity index (χ2v) is 9.09. The van der Waals surface area contributed by atoms with Crippen molar-refractivity contribution in [3.05, 3.63) is 0 Å². The molecule has 1 unspecified atom stereocenters. The molecule has 2 N–H and O–H groups in total. The van der Waals surface area contributed by atoms with E-state index in [-0.39, 0.29) is 12.4 Å². The normalized spacial score (nSPS) is 26.0. The van der Waals surface area contributed by atoms with E-state index >= 15 is 0 Å². The first kappa shape index (κ1) is 20.3. The second-order valence-electron chi connectivity index (χ2n) is 9.09. The zero-order valence-corrected chi connectivity index (χ0v) is 16.6. The maximum absolute atomic E-state index is 11.6. The van der Waals surface area contributed by atoms with Crippen LogP contribution in [0.3, 0.4) is 0 Å². The molecule has 0 spiro atoms. The van der Waals surface area contributed by atoms with Crippen molar-refractivity contribution in [1.82, 2.24) is 10.2 Å². The van der Waals surface area contributed by atoms with Crippen LogP contribution in [0.1, 0.15) is 77.0 Å². The van der Waals surface area contributed by atoms with Crippen LogP contribution >= 0.6 is 0 Å². The Hall–Kier alpha value is -0.450. The summed E-state index contributed by atoms with van der Waals surface area (Å²) in [5, 5.41) is 12.6. The molecule has 1 aliphatic carbocycles. The fourth-order valence-electron chi connectivity index (χ4n) is 5.73. The van der Waals surface area contributed by atoms with Gasteiger partial charge in [-0.2, -0.15) is 0 Å². The molecule has 4 heteroatoms. The van der Waals surface area contributed by atoms with Crippen molar-refractivity contribution in [2.45, 2.75) is 83.1 Å². The van der Waals surface area contributed by atoms with Crippen LogP contribution in [-0.4, -0.2) is 54.6 Å². The van der Waals surface area contributed by atoms with E-state index in [2.05, 4.69) is 10.2 Å². The number of aliphatic hydroxyl groups is 1. The smallest absolute Gasteiger partial charge is 0.158 e. The van der Waals surface area contributed by atoms with Crippen molar-refractivity contribution < 1.29 is 9.90 Å². The number of aliphatic hydroxyl groups excluding tert-OH is 1. The molecule has 0 aromatic rings. The number of hydrogen-bond acceptors (Lipinski definition) is 4. The summed E-state index contributed by atoms with van der Waals surface area (Å²) in [5.74, 6) is 2.43. The number of nitrogens with one attached hydrogen (secondary N) is 1. The van der Waals surface area contributed by atoms with Gasteiger partial charge in [-0.3, -0.25) is 4.79 Å². The Morgan fingerprint density at radius 1 is 1.00 bits per heavy atom. The number of ketones is 1. The summed E-state index contributed by atoms with van der Waals surface area (Å²) < 4.78 is 0. The quantitative estimate of drug-likeness (QED) is 0.693. The lowest BCUT2D eigenvalue weighted by molar-refractivity contribution is -0.122. The van der Waals surface area contributed by atoms with E-state index in [9.17, 15) is 4.79 Å². The maximum atomic E-state index is 11.6. The maximum Gasteiger partial charge on any atom is 0.158 e. The third-order valence-electron chi connectivity index (χ3n) is 7.40. The number of carbonyl (C=O) groups excluding carboxylic acids is 1. The van der Waals surface area contributed by atoms with Gasteiger partial charge in [0.2, 0.25) is 0 Å². The first-order valence-corrected chi connectivity index (χ1v) is 11.3. The lowest BCUT2D eigenvalue weighted by Crippen LogP contribution is -2.46. The van der Waals surface area contributed by atoms with Gasteiger partial charge in [-0.25, -0.2) is 0 Å². The minimum Gasteiger partial charge on any atom is -0.389 e. The zero-order chi connectivity index (χ0) is 18.2. The summed E-state index contributed by atoms with van der Waals surface area (Å²) in [6.45, 7) is 4.66. The summed E-state index contributed by atoms with van der Waals surface area (Å²) in [7, 11) is 0. The highest BCUT2D eigenvalue weighted by Gasteiger charge is 2.30. The Bertz CT molecular complexity index is 408. The average molecular weight is 365 g/mol. The predicted octanol–water partition coefficient (Wildman–Crippen LogP) is 3.38. The minimum absolute atomic E-state index is 0.0338. The lowest BCUT2D eigenvalue weighted by atomic mass is 9.72. The molecule has 26 heavy (non-hydrogen) atoms. The molecule has 2 aliphatic heterocycles. The average Bonchev–Trinajstić information content (AvgIpc) is 2.72. The Balaban J connectivity index is 1.47. The van der Waals surface area contributed by atoms with Gasteiger partial charge in [0.15, 0.2) is 5.78 Å². The Morgan fingerprint density at radius 2 is 1.69 bits per heavy atom. The van der Waals surface area contributed by atoms with Gasteiger partial charge in [0.05, 0.1) is 0 Å². The molecule has 0 aromatic heterocycles. The van der Waals surface area contributed by atoms with Gasteiger partial charge in [0, 0.05) is 12.5 Å². The van der Waals surface area contributed by atoms with Crippen LogP contribution < -0.4 is 5.32 Å². The molecule has 3 fully saturated rings. The highest BCUT2D eigenvalue weighted by molar-refractivity contribution is 5.79. The van der Waals surface area contributed by atoms with Crippen LogP contribution in [0.25, 0.3) is 0 Å². The molecule has 4 nitrogen and oxygen atoms in total. The standard InChI is InChI=1S/C22H40N2O2/c25-17-22(26)7-6-20(19-4-2-1-3-5-19)16-18-10-14-24(15-11-18)21-8-12-23-13-9-21/h18-21,23,25H,1-17H2. The summed E-state index contributed by atoms with van der Waals surface area (Å²) in [6.07, 6.45) is 15.1. The molecule has 2 saturated heterocycles. The van der Waals surface area contributed by atoms with Crippen molar-refractivity contribution in [2.75, 3.05) is 32.8 Å². The van der Waals surface area contributed by atoms with Crippen molar-refractivity contribution >= 4 is 5.78 Å². The number of nitrogens with zero attached hydrogens (tertiary/aromatic N) is 1. The molecular weight excluding hydrogens is 324 g/mol. The van der Waals surface area contributed by atoms with E-state index in [0.29, 0.717) is 12.3 Å². The van der Waals surface area contributed by atoms with E-state index in [1.165, 1.54) is 90.4 Å². The van der Waals surface area contributed by atoms with E-state index < -0.39 is 0 Å². The van der Waals surface area contributed by atoms with Crippen molar-refractivity contribution in [3.63, 3.8) is 0 Å². The van der Waals surface area contributed by atoms with Crippen LogP contribution in [0, 0.1) is 17.8 Å². The van der Waals surface area contributed by atoms with Crippen molar-refractivity contribution in [3.8, 4) is 0 Å². The van der Waals surface area contributed by atoms with Gasteiger partial charge in [0.1, 0.15) is 6.61 Å². The molecule has 0 amide bonds. The molecule has 3 rings (SSSR count). The number of Topliss-reactive ketones (excluding diaryl/α,β-unsaturated/α-hetero) is 1. The van der Waals surface area contributed by atoms with Crippen LogP contribution in [0.4, 0.5) is 0 Å². The lowest BCUT2D eigenvalue weighted by Gasteiger charge is -2.41. The Morgan fingerprint density at radius 3 is 2.35 bits per heavy atom. The molecule has 0 bridgehead atoms. The molecule has 150 valence electrons. The van der Waals surface area contributed by atoms with Gasteiger partial charge >= 0.3 is 0 Å². The third-order valence-corrected chi connectivity index (χ3v) is 7.40. The fourth-order valence-corrected chi connectivity index (χ4v) is 5.73. The predicted molar refractivity (Wildman–Crippen MR) is 106 cm³/mol. The molecule has 2 heterocycles. The number of rotatable bonds is 8. The van der Waals surface area contributed by atoms with Crippen LogP contribution in [0.5, 0.6) is 0 Å². The molecule has 3 aliphatic rings. The zero-order valence-electron chi connectivity index (χ0n) is 16.6. The number of carbonyl (C=O) groups is 1. The Kier molecular flexibility index (Phi) is 8.41. The van der Waals surface area contributed by atoms with Crippen LogP contribution in [0.2, 0.25) is 0 Å². The molecule has 1 atom stereocenters. The second kappa shape index (κ2) is 10.8. The van der Waals surface area contributed by atoms with Gasteiger partial charge < -0.3 is 15.3 Å². The number of hydrogen-bond donors (Lipinski definition) is 2. The monoisotopic (exact) mass is 364 g/mol. The van der Waals surface area contributed by atoms with Crippen molar-refractivity contribution in [1.29, 1.82) is 0 Å². The molecule has 0 aromatic carbocycles. The van der Waals surface area contributed by atoms with Crippen LogP contribution in [-0.2, 0) is 4.79 Å². The summed E-state index contributed by atoms with van der Waals surface area (Å²) in [4.78, 5) is 14.4. The highest BCUT2D eigenvalue weighted by atomic mass is 16.3. The fraction of sp³-hybridized carbons (Fsp3) is 0.955. The first-order valence-electron chi connectivity index (χ1n) is 11.3. The van der Waals surface area contributed by atoms with E-state index in [1.807, 2.05) is 0 Å².